The molecule has 3 N–H and O–H groups in total. The summed E-state index contributed by atoms with van der Waals surface area (Å²) in [5, 5.41) is 9.40. The number of rotatable bonds is 10. The minimum atomic E-state index is -4.45. The van der Waals surface area contributed by atoms with Gasteiger partial charge in [-0.15, -0.1) is 0 Å². The predicted octanol–water partition coefficient (Wildman–Crippen LogP) is 8.56. The predicted molar refractivity (Wildman–Crippen MR) is 193 cm³/mol. The van der Waals surface area contributed by atoms with Gasteiger partial charge in [-0.05, 0) is 72.0 Å². The van der Waals surface area contributed by atoms with E-state index in [9.17, 15) is 48.3 Å². The molecule has 54 heavy (non-hydrogen) atoms. The molecule has 2 aliphatic rings. The minimum Gasteiger partial charge on any atom is -0.395 e. The van der Waals surface area contributed by atoms with E-state index in [1.54, 1.807) is 48.6 Å². The fourth-order valence-electron chi connectivity index (χ4n) is 5.62. The van der Waals surface area contributed by atoms with E-state index in [1.807, 2.05) is 13.0 Å². The van der Waals surface area contributed by atoms with Crippen LogP contribution in [0.25, 0.3) is 11.1 Å². The highest BCUT2D eigenvalue weighted by Crippen LogP contribution is 2.36. The van der Waals surface area contributed by atoms with Crippen LogP contribution in [0.4, 0.5) is 26.3 Å². The van der Waals surface area contributed by atoms with Crippen LogP contribution in [-0.2, 0) is 32.4 Å². The smallest absolute Gasteiger partial charge is 0.395 e. The monoisotopic (exact) mass is 788 g/mol. The summed E-state index contributed by atoms with van der Waals surface area (Å²) in [6, 6.07) is 24.8. The van der Waals surface area contributed by atoms with E-state index in [1.165, 1.54) is 54.6 Å². The molecule has 6 rings (SSSR count). The van der Waals surface area contributed by atoms with Crippen LogP contribution in [0.1, 0.15) is 35.6 Å². The van der Waals surface area contributed by atoms with Gasteiger partial charge in [-0.25, -0.2) is 16.8 Å². The Morgan fingerprint density at radius 3 is 1.22 bits per heavy atom. The van der Waals surface area contributed by atoms with Gasteiger partial charge in [0.2, 0.25) is 0 Å². The lowest BCUT2D eigenvalue weighted by molar-refractivity contribution is -0.138. The highest BCUT2D eigenvalue weighted by molar-refractivity contribution is 7.90. The topological polar surface area (TPSA) is 113 Å². The summed E-state index contributed by atoms with van der Waals surface area (Å²) in [6.07, 6.45) is -1.32. The third-order valence-electron chi connectivity index (χ3n) is 8.43. The number of benzene rings is 4. The first kappa shape index (κ1) is 40.1. The van der Waals surface area contributed by atoms with E-state index in [-0.39, 0.29) is 28.0 Å². The van der Waals surface area contributed by atoms with Crippen molar-refractivity contribution in [2.24, 2.45) is 11.8 Å². The molecule has 0 bridgehead atoms. The van der Waals surface area contributed by atoms with Crippen LogP contribution in [-0.4, -0.2) is 28.5 Å². The molecular weight excluding hydrogens is 755 g/mol. The Bertz CT molecular complexity index is 2120. The lowest BCUT2D eigenvalue weighted by Gasteiger charge is -2.14. The summed E-state index contributed by atoms with van der Waals surface area (Å²) >= 11 is 0. The number of alkyl halides is 6. The van der Waals surface area contributed by atoms with Crippen LogP contribution < -0.4 is 9.44 Å². The van der Waals surface area contributed by atoms with Gasteiger partial charge in [0.25, 0.3) is 20.0 Å². The van der Waals surface area contributed by atoms with Gasteiger partial charge >= 0.3 is 12.4 Å². The third-order valence-corrected chi connectivity index (χ3v) is 11.2. The number of halogens is 6. The molecule has 2 unspecified atom stereocenters. The fraction of sp³-hybridized carbons (Fsp3) is 0.179. The van der Waals surface area contributed by atoms with Gasteiger partial charge < -0.3 is 5.11 Å². The van der Waals surface area contributed by atoms with E-state index in [2.05, 4.69) is 9.44 Å². The van der Waals surface area contributed by atoms with Gasteiger partial charge in [-0.3, -0.25) is 9.44 Å². The molecule has 0 heterocycles. The van der Waals surface area contributed by atoms with Crippen molar-refractivity contribution >= 4 is 31.2 Å². The largest absolute Gasteiger partial charge is 0.416 e. The summed E-state index contributed by atoms with van der Waals surface area (Å²) in [6.45, 7) is 1.71. The fourth-order valence-corrected chi connectivity index (χ4v) is 7.82. The van der Waals surface area contributed by atoms with Gasteiger partial charge in [0.15, 0.2) is 0 Å². The van der Waals surface area contributed by atoms with Crippen molar-refractivity contribution in [2.75, 3.05) is 6.61 Å². The van der Waals surface area contributed by atoms with E-state index >= 15 is 0 Å². The molecule has 0 aromatic heterocycles. The van der Waals surface area contributed by atoms with E-state index in [0.717, 1.165) is 30.7 Å². The van der Waals surface area contributed by atoms with Crippen molar-refractivity contribution in [2.45, 2.75) is 35.5 Å². The summed E-state index contributed by atoms with van der Waals surface area (Å²) in [4.78, 5) is 0.183. The standard InChI is InChI=1S/C20H18F3NO2S.C19H16F3NO3S/c1-2-14-12-18(15-8-10-16(11-9-15)20(21,22)23)19(13-14)24-27(25,26)17-6-4-3-5-7-17;20-19(21,22)15-8-6-14(7-9-15)17-10-13(12-24)11-18(17)23-27(25,26)16-4-2-1-3-5-16/h3-14,24H,2H2,1H3;1-11,13,23-24H,12H2. The molecule has 15 heteroatoms. The van der Waals surface area contributed by atoms with Crippen LogP contribution in [0, 0.1) is 11.8 Å². The molecule has 284 valence electrons. The maximum Gasteiger partial charge on any atom is 0.416 e. The van der Waals surface area contributed by atoms with Gasteiger partial charge in [0, 0.05) is 17.1 Å². The Morgan fingerprint density at radius 2 is 0.889 bits per heavy atom. The van der Waals surface area contributed by atoms with Crippen molar-refractivity contribution < 1.29 is 48.3 Å². The lowest BCUT2D eigenvalue weighted by atomic mass is 10.0. The van der Waals surface area contributed by atoms with Crippen LogP contribution in [0.3, 0.4) is 0 Å². The Labute approximate surface area is 309 Å². The molecule has 2 atom stereocenters. The van der Waals surface area contributed by atoms with Crippen molar-refractivity contribution in [1.29, 1.82) is 0 Å². The van der Waals surface area contributed by atoms with Gasteiger partial charge in [0.1, 0.15) is 0 Å². The van der Waals surface area contributed by atoms with Crippen LogP contribution in [0.5, 0.6) is 0 Å². The number of aliphatic hydroxyl groups excluding tert-OH is 1. The molecule has 2 aliphatic carbocycles. The van der Waals surface area contributed by atoms with Crippen molar-refractivity contribution in [3.63, 3.8) is 0 Å². The maximum atomic E-state index is 12.8. The average molecular weight is 789 g/mol. The zero-order valence-electron chi connectivity index (χ0n) is 28.4. The summed E-state index contributed by atoms with van der Waals surface area (Å²) in [5.41, 5.74) is 1.01. The SMILES string of the molecule is CCC1C=C(NS(=O)(=O)c2ccccc2)C(c2ccc(C(F)(F)F)cc2)=C1.O=S(=O)(NC1=CC(CO)C=C1c1ccc(C(F)(F)F)cc1)c1ccccc1. The Balaban J connectivity index is 0.000000208. The molecule has 0 amide bonds. The number of allylic oxidation sites excluding steroid dienone is 4. The Kier molecular flexibility index (Phi) is 11.9. The van der Waals surface area contributed by atoms with E-state index in [0.29, 0.717) is 28.0 Å². The number of hydrogen-bond acceptors (Lipinski definition) is 5. The molecule has 7 nitrogen and oxygen atoms in total. The third kappa shape index (κ3) is 9.70. The van der Waals surface area contributed by atoms with Crippen LogP contribution in [0.2, 0.25) is 0 Å². The van der Waals surface area contributed by atoms with Crippen LogP contribution >= 0.6 is 0 Å². The summed E-state index contributed by atoms with van der Waals surface area (Å²) in [5.74, 6) is -0.425. The lowest BCUT2D eigenvalue weighted by Crippen LogP contribution is -2.23. The molecule has 4 aromatic rings. The summed E-state index contributed by atoms with van der Waals surface area (Å²) < 4.78 is 132. The second-order valence-electron chi connectivity index (χ2n) is 12.2. The van der Waals surface area contributed by atoms with Gasteiger partial charge in [0.05, 0.1) is 38.9 Å². The van der Waals surface area contributed by atoms with Crippen molar-refractivity contribution in [3.05, 3.63) is 167 Å². The second kappa shape index (κ2) is 16.1. The molecular formula is C39H34F6N2O5S2. The molecule has 0 radical (unpaired) electrons. The number of hydrogen-bond donors (Lipinski definition) is 3. The zero-order valence-corrected chi connectivity index (χ0v) is 30.1. The molecule has 0 aliphatic heterocycles. The molecule has 4 aromatic carbocycles. The quantitative estimate of drug-likeness (QED) is 0.140. The minimum absolute atomic E-state index is 0.00997. The number of nitrogens with one attached hydrogen (secondary N) is 2. The Hall–Kier alpha value is -5.12. The van der Waals surface area contributed by atoms with Crippen molar-refractivity contribution in [3.8, 4) is 0 Å². The average Bonchev–Trinajstić information content (AvgIpc) is 3.75. The Morgan fingerprint density at radius 1 is 0.537 bits per heavy atom. The van der Waals surface area contributed by atoms with Gasteiger partial charge in [-0.1, -0.05) is 91.9 Å². The van der Waals surface area contributed by atoms with Crippen molar-refractivity contribution in [1.82, 2.24) is 9.44 Å². The van der Waals surface area contributed by atoms with E-state index < -0.39 is 49.4 Å². The first-order valence-electron chi connectivity index (χ1n) is 16.4. The number of aliphatic hydroxyl groups is 1. The number of sulfonamides is 2. The molecule has 0 fully saturated rings. The van der Waals surface area contributed by atoms with Gasteiger partial charge in [-0.2, -0.15) is 26.3 Å². The normalized spacial score (nSPS) is 17.4. The highest BCUT2D eigenvalue weighted by atomic mass is 32.2. The molecule has 0 saturated carbocycles. The summed E-state index contributed by atoms with van der Waals surface area (Å²) in [7, 11) is -7.66. The first-order chi connectivity index (χ1) is 25.4. The second-order valence-corrected chi connectivity index (χ2v) is 15.6. The molecule has 0 saturated heterocycles. The van der Waals surface area contributed by atoms with Crippen LogP contribution in [0.15, 0.2) is 155 Å². The highest BCUT2D eigenvalue weighted by Gasteiger charge is 2.32. The molecule has 0 spiro atoms. The van der Waals surface area contributed by atoms with E-state index in [4.69, 9.17) is 0 Å². The maximum absolute atomic E-state index is 12.8. The zero-order chi connectivity index (χ0) is 39.3. The first-order valence-corrected chi connectivity index (χ1v) is 19.4.